The SMILES string of the molecule is O=C(/C=C/c1ccc(OCc2ccccc2)cc1)NC1CCN(C(=O)c2ccco2)CC1. The van der Waals surface area contributed by atoms with Crippen LogP contribution in [-0.4, -0.2) is 35.8 Å². The second-order valence-corrected chi connectivity index (χ2v) is 7.73. The largest absolute Gasteiger partial charge is 0.489 e. The summed E-state index contributed by atoms with van der Waals surface area (Å²) in [6, 6.07) is 21.1. The minimum absolute atomic E-state index is 0.0570. The number of ether oxygens (including phenoxy) is 1. The first-order valence-electron chi connectivity index (χ1n) is 10.8. The van der Waals surface area contributed by atoms with Gasteiger partial charge in [0, 0.05) is 25.2 Å². The highest BCUT2D eigenvalue weighted by molar-refractivity contribution is 5.92. The average Bonchev–Trinajstić information content (AvgIpc) is 3.38. The summed E-state index contributed by atoms with van der Waals surface area (Å²) in [5.41, 5.74) is 2.04. The molecule has 3 aromatic rings. The number of piperidine rings is 1. The van der Waals surface area contributed by atoms with Crippen LogP contribution in [0.15, 0.2) is 83.5 Å². The highest BCUT2D eigenvalue weighted by Crippen LogP contribution is 2.16. The van der Waals surface area contributed by atoms with E-state index in [2.05, 4.69) is 5.32 Å². The molecule has 0 atom stereocenters. The molecule has 0 saturated carbocycles. The van der Waals surface area contributed by atoms with Gasteiger partial charge in [0.15, 0.2) is 5.76 Å². The van der Waals surface area contributed by atoms with E-state index in [4.69, 9.17) is 9.15 Å². The molecule has 0 unspecified atom stereocenters. The van der Waals surface area contributed by atoms with E-state index in [1.165, 1.54) is 6.26 Å². The summed E-state index contributed by atoms with van der Waals surface area (Å²) in [5, 5.41) is 3.02. The number of nitrogens with zero attached hydrogens (tertiary/aromatic N) is 1. The summed E-state index contributed by atoms with van der Waals surface area (Å²) in [5.74, 6) is 0.902. The zero-order chi connectivity index (χ0) is 22.2. The quantitative estimate of drug-likeness (QED) is 0.568. The van der Waals surface area contributed by atoms with E-state index in [-0.39, 0.29) is 17.9 Å². The third-order valence-corrected chi connectivity index (χ3v) is 5.42. The standard InChI is InChI=1S/C26H26N2O4/c29-25(27-22-14-16-28(17-15-22)26(30)24-7-4-18-31-24)13-10-20-8-11-23(12-9-20)32-19-21-5-2-1-3-6-21/h1-13,18,22H,14-17,19H2,(H,27,29)/b13-10+. The van der Waals surface area contributed by atoms with E-state index in [0.717, 1.165) is 29.7 Å². The average molecular weight is 431 g/mol. The number of benzene rings is 2. The summed E-state index contributed by atoms with van der Waals surface area (Å²) < 4.78 is 11.0. The molecule has 1 fully saturated rings. The van der Waals surface area contributed by atoms with Crippen molar-refractivity contribution in [2.24, 2.45) is 0 Å². The number of hydrogen-bond donors (Lipinski definition) is 1. The lowest BCUT2D eigenvalue weighted by atomic mass is 10.0. The fourth-order valence-electron chi connectivity index (χ4n) is 3.62. The van der Waals surface area contributed by atoms with Crippen LogP contribution < -0.4 is 10.1 Å². The molecule has 0 radical (unpaired) electrons. The van der Waals surface area contributed by atoms with E-state index in [9.17, 15) is 9.59 Å². The van der Waals surface area contributed by atoms with Gasteiger partial charge in [-0.05, 0) is 54.3 Å². The van der Waals surface area contributed by atoms with Gasteiger partial charge in [0.25, 0.3) is 5.91 Å². The Hall–Kier alpha value is -3.80. The lowest BCUT2D eigenvalue weighted by Gasteiger charge is -2.31. The number of rotatable bonds is 7. The van der Waals surface area contributed by atoms with Crippen molar-refractivity contribution in [2.45, 2.75) is 25.5 Å². The van der Waals surface area contributed by atoms with Gasteiger partial charge in [0.2, 0.25) is 5.91 Å². The molecule has 6 heteroatoms. The topological polar surface area (TPSA) is 71.8 Å². The fourth-order valence-corrected chi connectivity index (χ4v) is 3.62. The fraction of sp³-hybridized carbons (Fsp3) is 0.231. The monoisotopic (exact) mass is 430 g/mol. The molecule has 6 nitrogen and oxygen atoms in total. The third kappa shape index (κ3) is 5.88. The van der Waals surface area contributed by atoms with Crippen LogP contribution in [0.5, 0.6) is 5.75 Å². The maximum absolute atomic E-state index is 12.3. The maximum atomic E-state index is 12.3. The van der Waals surface area contributed by atoms with Crippen LogP contribution in [-0.2, 0) is 11.4 Å². The predicted octanol–water partition coefficient (Wildman–Crippen LogP) is 4.29. The second kappa shape index (κ2) is 10.5. The molecule has 164 valence electrons. The molecular weight excluding hydrogens is 404 g/mol. The van der Waals surface area contributed by atoms with Crippen LogP contribution in [0.2, 0.25) is 0 Å². The van der Waals surface area contributed by atoms with Crippen LogP contribution in [0, 0.1) is 0 Å². The Bertz CT molecular complexity index is 1040. The first kappa shape index (κ1) is 21.4. The van der Waals surface area contributed by atoms with Crippen LogP contribution in [0.4, 0.5) is 0 Å². The number of amides is 2. The van der Waals surface area contributed by atoms with Crippen molar-refractivity contribution in [3.05, 3.63) is 96.0 Å². The summed E-state index contributed by atoms with van der Waals surface area (Å²) in [6.07, 6.45) is 6.27. The Morgan fingerprint density at radius 2 is 1.75 bits per heavy atom. The van der Waals surface area contributed by atoms with Crippen molar-refractivity contribution in [2.75, 3.05) is 13.1 Å². The van der Waals surface area contributed by atoms with Gasteiger partial charge < -0.3 is 19.4 Å². The zero-order valence-corrected chi connectivity index (χ0v) is 17.8. The minimum atomic E-state index is -0.134. The number of nitrogens with one attached hydrogen (secondary N) is 1. The number of likely N-dealkylation sites (tertiary alicyclic amines) is 1. The molecule has 1 N–H and O–H groups in total. The third-order valence-electron chi connectivity index (χ3n) is 5.42. The number of hydrogen-bond acceptors (Lipinski definition) is 4. The zero-order valence-electron chi connectivity index (χ0n) is 17.8. The van der Waals surface area contributed by atoms with Crippen molar-refractivity contribution in [1.29, 1.82) is 0 Å². The van der Waals surface area contributed by atoms with Crippen molar-refractivity contribution in [3.63, 3.8) is 0 Å². The highest BCUT2D eigenvalue weighted by Gasteiger charge is 2.25. The van der Waals surface area contributed by atoms with E-state index >= 15 is 0 Å². The Labute approximate surface area is 187 Å². The van der Waals surface area contributed by atoms with E-state index < -0.39 is 0 Å². The van der Waals surface area contributed by atoms with Crippen molar-refractivity contribution >= 4 is 17.9 Å². The number of carbonyl (C=O) groups is 2. The Morgan fingerprint density at radius 3 is 2.44 bits per heavy atom. The van der Waals surface area contributed by atoms with Crippen LogP contribution in [0.3, 0.4) is 0 Å². The molecule has 1 aromatic heterocycles. The molecule has 2 aromatic carbocycles. The predicted molar refractivity (Wildman–Crippen MR) is 122 cm³/mol. The number of carbonyl (C=O) groups excluding carboxylic acids is 2. The molecule has 0 spiro atoms. The van der Waals surface area contributed by atoms with Gasteiger partial charge in [-0.25, -0.2) is 0 Å². The van der Waals surface area contributed by atoms with Crippen molar-refractivity contribution in [1.82, 2.24) is 10.2 Å². The summed E-state index contributed by atoms with van der Waals surface area (Å²) >= 11 is 0. The maximum Gasteiger partial charge on any atom is 0.289 e. The molecule has 0 aliphatic carbocycles. The van der Waals surface area contributed by atoms with Crippen molar-refractivity contribution in [3.8, 4) is 5.75 Å². The van der Waals surface area contributed by atoms with Gasteiger partial charge in [-0.2, -0.15) is 0 Å². The molecule has 2 amide bonds. The van der Waals surface area contributed by atoms with Gasteiger partial charge in [-0.15, -0.1) is 0 Å². The molecule has 4 rings (SSSR count). The summed E-state index contributed by atoms with van der Waals surface area (Å²) in [4.78, 5) is 26.4. The van der Waals surface area contributed by atoms with Gasteiger partial charge in [-0.3, -0.25) is 9.59 Å². The number of furan rings is 1. The lowest BCUT2D eigenvalue weighted by Crippen LogP contribution is -2.46. The first-order valence-corrected chi connectivity index (χ1v) is 10.8. The molecule has 2 heterocycles. The summed E-state index contributed by atoms with van der Waals surface area (Å²) in [6.45, 7) is 1.71. The minimum Gasteiger partial charge on any atom is -0.489 e. The van der Waals surface area contributed by atoms with Crippen LogP contribution >= 0.6 is 0 Å². The van der Waals surface area contributed by atoms with E-state index in [0.29, 0.717) is 25.5 Å². The summed E-state index contributed by atoms with van der Waals surface area (Å²) in [7, 11) is 0. The lowest BCUT2D eigenvalue weighted by molar-refractivity contribution is -0.117. The molecular formula is C26H26N2O4. The molecule has 32 heavy (non-hydrogen) atoms. The van der Waals surface area contributed by atoms with Gasteiger partial charge in [0.1, 0.15) is 12.4 Å². The smallest absolute Gasteiger partial charge is 0.289 e. The molecule has 1 saturated heterocycles. The van der Waals surface area contributed by atoms with E-state index in [1.54, 1.807) is 29.2 Å². The molecule has 0 bridgehead atoms. The van der Waals surface area contributed by atoms with Gasteiger partial charge >= 0.3 is 0 Å². The first-order chi connectivity index (χ1) is 15.7. The van der Waals surface area contributed by atoms with Crippen LogP contribution in [0.25, 0.3) is 6.08 Å². The van der Waals surface area contributed by atoms with Gasteiger partial charge in [0.05, 0.1) is 6.26 Å². The van der Waals surface area contributed by atoms with E-state index in [1.807, 2.05) is 54.6 Å². The molecule has 1 aliphatic heterocycles. The highest BCUT2D eigenvalue weighted by atomic mass is 16.5. The van der Waals surface area contributed by atoms with Crippen LogP contribution in [0.1, 0.15) is 34.5 Å². The normalized spacial score (nSPS) is 14.4. The van der Waals surface area contributed by atoms with Crippen molar-refractivity contribution < 1.29 is 18.7 Å². The molecule has 1 aliphatic rings. The van der Waals surface area contributed by atoms with Gasteiger partial charge in [-0.1, -0.05) is 42.5 Å². The Balaban J connectivity index is 1.20. The Morgan fingerprint density at radius 1 is 1.00 bits per heavy atom. The second-order valence-electron chi connectivity index (χ2n) is 7.73. The Kier molecular flexibility index (Phi) is 7.02.